The van der Waals surface area contributed by atoms with Crippen molar-refractivity contribution >= 4 is 29.0 Å². The lowest BCUT2D eigenvalue weighted by Gasteiger charge is -2.33. The SMILES string of the molecule is CC(C)C1CCN(CC(=O)c2ccc(Cl)c(Cl)c2)CC1. The third-order valence-electron chi connectivity index (χ3n) is 4.18. The summed E-state index contributed by atoms with van der Waals surface area (Å²) in [6.45, 7) is 7.05. The Morgan fingerprint density at radius 1 is 1.25 bits per heavy atom. The van der Waals surface area contributed by atoms with E-state index < -0.39 is 0 Å². The van der Waals surface area contributed by atoms with Gasteiger partial charge in [0.05, 0.1) is 16.6 Å². The molecule has 0 aliphatic carbocycles. The summed E-state index contributed by atoms with van der Waals surface area (Å²) < 4.78 is 0. The van der Waals surface area contributed by atoms with Crippen molar-refractivity contribution in [2.45, 2.75) is 26.7 Å². The van der Waals surface area contributed by atoms with Gasteiger partial charge in [-0.05, 0) is 56.0 Å². The summed E-state index contributed by atoms with van der Waals surface area (Å²) in [5, 5.41) is 0.928. The molecule has 1 aromatic carbocycles. The minimum absolute atomic E-state index is 0.117. The van der Waals surface area contributed by atoms with Crippen molar-refractivity contribution in [3.63, 3.8) is 0 Å². The zero-order valence-corrected chi connectivity index (χ0v) is 13.5. The zero-order valence-electron chi connectivity index (χ0n) is 12.0. The fraction of sp³-hybridized carbons (Fsp3) is 0.562. The van der Waals surface area contributed by atoms with E-state index in [1.54, 1.807) is 18.2 Å². The molecule has 2 rings (SSSR count). The van der Waals surface area contributed by atoms with Gasteiger partial charge in [-0.3, -0.25) is 9.69 Å². The van der Waals surface area contributed by atoms with Gasteiger partial charge in [-0.2, -0.15) is 0 Å². The van der Waals surface area contributed by atoms with Crippen molar-refractivity contribution < 1.29 is 4.79 Å². The molecule has 1 aliphatic heterocycles. The Bertz CT molecular complexity index is 479. The van der Waals surface area contributed by atoms with Crippen LogP contribution in [-0.4, -0.2) is 30.3 Å². The maximum atomic E-state index is 12.2. The van der Waals surface area contributed by atoms with Crippen molar-refractivity contribution in [2.24, 2.45) is 11.8 Å². The van der Waals surface area contributed by atoms with E-state index in [1.165, 1.54) is 12.8 Å². The van der Waals surface area contributed by atoms with E-state index in [0.29, 0.717) is 22.2 Å². The number of benzene rings is 1. The first-order valence-electron chi connectivity index (χ1n) is 7.18. The molecular weight excluding hydrogens is 293 g/mol. The number of hydrogen-bond donors (Lipinski definition) is 0. The Morgan fingerprint density at radius 3 is 2.45 bits per heavy atom. The van der Waals surface area contributed by atoms with Crippen LogP contribution < -0.4 is 0 Å². The van der Waals surface area contributed by atoms with Gasteiger partial charge in [0.15, 0.2) is 5.78 Å². The third-order valence-corrected chi connectivity index (χ3v) is 4.92. The number of carbonyl (C=O) groups is 1. The van der Waals surface area contributed by atoms with Crippen LogP contribution in [0.2, 0.25) is 10.0 Å². The highest BCUT2D eigenvalue weighted by molar-refractivity contribution is 6.42. The van der Waals surface area contributed by atoms with Gasteiger partial charge in [0.1, 0.15) is 0 Å². The molecule has 1 saturated heterocycles. The average molecular weight is 314 g/mol. The molecule has 0 aromatic heterocycles. The van der Waals surface area contributed by atoms with Crippen LogP contribution in [0.1, 0.15) is 37.0 Å². The Kier molecular flexibility index (Phi) is 5.48. The second-order valence-electron chi connectivity index (χ2n) is 5.91. The van der Waals surface area contributed by atoms with Gasteiger partial charge in [-0.1, -0.05) is 37.0 Å². The van der Waals surface area contributed by atoms with Crippen LogP contribution in [0, 0.1) is 11.8 Å². The Labute approximate surface area is 131 Å². The van der Waals surface area contributed by atoms with Crippen molar-refractivity contribution in [1.29, 1.82) is 0 Å². The average Bonchev–Trinajstić information content (AvgIpc) is 2.42. The maximum absolute atomic E-state index is 12.2. The maximum Gasteiger partial charge on any atom is 0.176 e. The summed E-state index contributed by atoms with van der Waals surface area (Å²) in [4.78, 5) is 14.5. The van der Waals surface area contributed by atoms with Crippen LogP contribution in [0.5, 0.6) is 0 Å². The number of piperidine rings is 1. The summed E-state index contributed by atoms with van der Waals surface area (Å²) in [5.41, 5.74) is 0.644. The molecule has 0 N–H and O–H groups in total. The molecule has 1 aromatic rings. The van der Waals surface area contributed by atoms with E-state index in [2.05, 4.69) is 18.7 Å². The lowest BCUT2D eigenvalue weighted by Crippen LogP contribution is -2.38. The number of carbonyl (C=O) groups excluding carboxylic acids is 1. The highest BCUT2D eigenvalue weighted by Crippen LogP contribution is 2.25. The van der Waals surface area contributed by atoms with E-state index >= 15 is 0 Å². The zero-order chi connectivity index (χ0) is 14.7. The van der Waals surface area contributed by atoms with E-state index in [9.17, 15) is 4.79 Å². The quantitative estimate of drug-likeness (QED) is 0.760. The third kappa shape index (κ3) is 3.97. The molecule has 20 heavy (non-hydrogen) atoms. The van der Waals surface area contributed by atoms with Gasteiger partial charge >= 0.3 is 0 Å². The molecule has 110 valence electrons. The van der Waals surface area contributed by atoms with Crippen molar-refractivity contribution in [3.05, 3.63) is 33.8 Å². The fourth-order valence-corrected chi connectivity index (χ4v) is 3.04. The van der Waals surface area contributed by atoms with Crippen LogP contribution in [0.4, 0.5) is 0 Å². The largest absolute Gasteiger partial charge is 0.296 e. The molecule has 0 atom stereocenters. The number of halogens is 2. The molecule has 1 heterocycles. The second kappa shape index (κ2) is 6.93. The molecular formula is C16H21Cl2NO. The lowest BCUT2D eigenvalue weighted by molar-refractivity contribution is 0.0880. The van der Waals surface area contributed by atoms with Gasteiger partial charge in [0.25, 0.3) is 0 Å². The molecule has 0 unspecified atom stereocenters. The molecule has 1 aliphatic rings. The van der Waals surface area contributed by atoms with E-state index in [-0.39, 0.29) is 5.78 Å². The molecule has 0 bridgehead atoms. The van der Waals surface area contributed by atoms with Crippen molar-refractivity contribution in [2.75, 3.05) is 19.6 Å². The van der Waals surface area contributed by atoms with Gasteiger partial charge in [0.2, 0.25) is 0 Å². The summed E-state index contributed by atoms with van der Waals surface area (Å²) in [6, 6.07) is 5.09. The van der Waals surface area contributed by atoms with E-state index in [0.717, 1.165) is 24.9 Å². The van der Waals surface area contributed by atoms with Crippen molar-refractivity contribution in [3.8, 4) is 0 Å². The van der Waals surface area contributed by atoms with Crippen LogP contribution in [-0.2, 0) is 0 Å². The smallest absolute Gasteiger partial charge is 0.176 e. The minimum Gasteiger partial charge on any atom is -0.296 e. The molecule has 0 amide bonds. The number of rotatable bonds is 4. The van der Waals surface area contributed by atoms with Gasteiger partial charge < -0.3 is 0 Å². The number of nitrogens with zero attached hydrogens (tertiary/aromatic N) is 1. The first-order valence-corrected chi connectivity index (χ1v) is 7.93. The number of likely N-dealkylation sites (tertiary alicyclic amines) is 1. The van der Waals surface area contributed by atoms with Gasteiger partial charge in [-0.25, -0.2) is 0 Å². The Hall–Kier alpha value is -0.570. The number of ketones is 1. The highest BCUT2D eigenvalue weighted by Gasteiger charge is 2.23. The Morgan fingerprint density at radius 2 is 1.90 bits per heavy atom. The summed E-state index contributed by atoms with van der Waals surface area (Å²) in [6.07, 6.45) is 2.37. The summed E-state index contributed by atoms with van der Waals surface area (Å²) in [5.74, 6) is 1.65. The predicted octanol–water partition coefficient (Wildman–Crippen LogP) is 4.54. The summed E-state index contributed by atoms with van der Waals surface area (Å²) in [7, 11) is 0. The predicted molar refractivity (Wildman–Crippen MR) is 84.8 cm³/mol. The lowest BCUT2D eigenvalue weighted by atomic mass is 9.86. The van der Waals surface area contributed by atoms with Crippen LogP contribution >= 0.6 is 23.2 Å². The molecule has 0 saturated carbocycles. The topological polar surface area (TPSA) is 20.3 Å². The van der Waals surface area contributed by atoms with Crippen molar-refractivity contribution in [1.82, 2.24) is 4.90 Å². The first kappa shape index (κ1) is 15.8. The molecule has 4 heteroatoms. The second-order valence-corrected chi connectivity index (χ2v) is 6.72. The number of Topliss-reactive ketones (excluding diaryl/α,β-unsaturated/α-hetero) is 1. The molecule has 0 spiro atoms. The Balaban J connectivity index is 1.91. The summed E-state index contributed by atoms with van der Waals surface area (Å²) >= 11 is 11.8. The van der Waals surface area contributed by atoms with Gasteiger partial charge in [0, 0.05) is 5.56 Å². The van der Waals surface area contributed by atoms with E-state index in [1.807, 2.05) is 0 Å². The highest BCUT2D eigenvalue weighted by atomic mass is 35.5. The minimum atomic E-state index is 0.117. The number of hydrogen-bond acceptors (Lipinski definition) is 2. The first-order chi connectivity index (χ1) is 9.47. The van der Waals surface area contributed by atoms with Crippen LogP contribution in [0.3, 0.4) is 0 Å². The fourth-order valence-electron chi connectivity index (χ4n) is 2.74. The standard InChI is InChI=1S/C16H21Cl2NO/c1-11(2)12-5-7-19(8-6-12)10-16(20)13-3-4-14(17)15(18)9-13/h3-4,9,11-12H,5-8,10H2,1-2H3. The van der Waals surface area contributed by atoms with Gasteiger partial charge in [-0.15, -0.1) is 0 Å². The molecule has 0 radical (unpaired) electrons. The molecule has 1 fully saturated rings. The van der Waals surface area contributed by atoms with Crippen LogP contribution in [0.15, 0.2) is 18.2 Å². The molecule has 2 nitrogen and oxygen atoms in total. The van der Waals surface area contributed by atoms with Crippen LogP contribution in [0.25, 0.3) is 0 Å². The monoisotopic (exact) mass is 313 g/mol. The van der Waals surface area contributed by atoms with E-state index in [4.69, 9.17) is 23.2 Å². The normalized spacial score (nSPS) is 17.6.